The normalized spacial score (nSPS) is 11.9. The van der Waals surface area contributed by atoms with E-state index in [9.17, 15) is 4.79 Å². The van der Waals surface area contributed by atoms with Crippen molar-refractivity contribution in [3.8, 4) is 5.75 Å². The number of hydrogen-bond donors (Lipinski definition) is 1. The number of para-hydroxylation sites is 1. The van der Waals surface area contributed by atoms with Gasteiger partial charge in [-0.1, -0.05) is 18.2 Å². The standard InChI is InChI=1S/C11H15NO3/c1-2-14-11(13)10(8-12)15-9-6-4-3-5-7-9/h3-7,10H,2,8,12H2,1H3. The van der Waals surface area contributed by atoms with Gasteiger partial charge in [-0.3, -0.25) is 0 Å². The van der Waals surface area contributed by atoms with Crippen LogP contribution < -0.4 is 10.5 Å². The Morgan fingerprint density at radius 2 is 2.07 bits per heavy atom. The molecule has 0 amide bonds. The first-order chi connectivity index (χ1) is 7.27. The Hall–Kier alpha value is -1.55. The van der Waals surface area contributed by atoms with Crippen molar-refractivity contribution in [3.05, 3.63) is 30.3 Å². The zero-order valence-electron chi connectivity index (χ0n) is 8.68. The molecule has 0 aliphatic rings. The molecule has 0 saturated heterocycles. The summed E-state index contributed by atoms with van der Waals surface area (Å²) in [4.78, 5) is 11.4. The lowest BCUT2D eigenvalue weighted by Gasteiger charge is -2.15. The molecule has 15 heavy (non-hydrogen) atoms. The highest BCUT2D eigenvalue weighted by molar-refractivity contribution is 5.75. The maximum atomic E-state index is 11.4. The minimum atomic E-state index is -0.729. The molecule has 0 bridgehead atoms. The van der Waals surface area contributed by atoms with E-state index in [-0.39, 0.29) is 6.54 Å². The lowest BCUT2D eigenvalue weighted by Crippen LogP contribution is -2.36. The smallest absolute Gasteiger partial charge is 0.348 e. The molecule has 1 aromatic carbocycles. The highest BCUT2D eigenvalue weighted by atomic mass is 16.6. The second-order valence-electron chi connectivity index (χ2n) is 2.91. The van der Waals surface area contributed by atoms with Crippen molar-refractivity contribution in [2.75, 3.05) is 13.2 Å². The van der Waals surface area contributed by atoms with E-state index in [1.54, 1.807) is 19.1 Å². The summed E-state index contributed by atoms with van der Waals surface area (Å²) in [6.45, 7) is 2.18. The van der Waals surface area contributed by atoms with Crippen LogP contribution >= 0.6 is 0 Å². The van der Waals surface area contributed by atoms with Crippen LogP contribution in [0.25, 0.3) is 0 Å². The third-order valence-electron chi connectivity index (χ3n) is 1.79. The van der Waals surface area contributed by atoms with Crippen LogP contribution in [0, 0.1) is 0 Å². The average Bonchev–Trinajstić information content (AvgIpc) is 2.27. The fraction of sp³-hybridized carbons (Fsp3) is 0.364. The molecular formula is C11H15NO3. The van der Waals surface area contributed by atoms with Gasteiger partial charge in [-0.2, -0.15) is 0 Å². The van der Waals surface area contributed by atoms with E-state index >= 15 is 0 Å². The Labute approximate surface area is 89.0 Å². The Morgan fingerprint density at radius 1 is 1.40 bits per heavy atom. The average molecular weight is 209 g/mol. The summed E-state index contributed by atoms with van der Waals surface area (Å²) in [6, 6.07) is 9.06. The molecule has 1 atom stereocenters. The molecule has 1 unspecified atom stereocenters. The SMILES string of the molecule is CCOC(=O)C(CN)Oc1ccccc1. The molecule has 0 fully saturated rings. The predicted octanol–water partition coefficient (Wildman–Crippen LogP) is 0.956. The minimum absolute atomic E-state index is 0.105. The van der Waals surface area contributed by atoms with E-state index in [1.807, 2.05) is 18.2 Å². The van der Waals surface area contributed by atoms with Crippen LogP contribution in [0.15, 0.2) is 30.3 Å². The van der Waals surface area contributed by atoms with Gasteiger partial charge in [-0.15, -0.1) is 0 Å². The van der Waals surface area contributed by atoms with Gasteiger partial charge in [0.2, 0.25) is 6.10 Å². The van der Waals surface area contributed by atoms with Crippen molar-refractivity contribution in [2.24, 2.45) is 5.73 Å². The number of esters is 1. The Kier molecular flexibility index (Phi) is 4.63. The topological polar surface area (TPSA) is 61.5 Å². The van der Waals surface area contributed by atoms with E-state index in [1.165, 1.54) is 0 Å². The summed E-state index contributed by atoms with van der Waals surface area (Å²) in [5.74, 6) is 0.185. The number of carbonyl (C=O) groups excluding carboxylic acids is 1. The fourth-order valence-electron chi connectivity index (χ4n) is 1.09. The number of benzene rings is 1. The molecule has 1 aromatic rings. The monoisotopic (exact) mass is 209 g/mol. The lowest BCUT2D eigenvalue weighted by atomic mass is 10.3. The van der Waals surface area contributed by atoms with Crippen LogP contribution in [0.2, 0.25) is 0 Å². The molecule has 0 saturated carbocycles. The summed E-state index contributed by atoms with van der Waals surface area (Å²) in [5.41, 5.74) is 5.43. The number of ether oxygens (including phenoxy) is 2. The Balaban J connectivity index is 2.58. The minimum Gasteiger partial charge on any atom is -0.477 e. The number of hydrogen-bond acceptors (Lipinski definition) is 4. The van der Waals surface area contributed by atoms with Crippen LogP contribution in [0.1, 0.15) is 6.92 Å². The van der Waals surface area contributed by atoms with Gasteiger partial charge in [0, 0.05) is 6.54 Å². The van der Waals surface area contributed by atoms with Crippen molar-refractivity contribution in [1.29, 1.82) is 0 Å². The van der Waals surface area contributed by atoms with Gasteiger partial charge in [0.25, 0.3) is 0 Å². The van der Waals surface area contributed by atoms with Crippen molar-refractivity contribution in [3.63, 3.8) is 0 Å². The first-order valence-corrected chi connectivity index (χ1v) is 4.86. The Bertz CT molecular complexity index is 300. The maximum Gasteiger partial charge on any atom is 0.348 e. The lowest BCUT2D eigenvalue weighted by molar-refractivity contribution is -0.150. The van der Waals surface area contributed by atoms with Crippen LogP contribution in [-0.2, 0) is 9.53 Å². The number of nitrogens with two attached hydrogens (primary N) is 1. The zero-order chi connectivity index (χ0) is 11.1. The van der Waals surface area contributed by atoms with Gasteiger partial charge < -0.3 is 15.2 Å². The Morgan fingerprint density at radius 3 is 2.60 bits per heavy atom. The molecule has 0 spiro atoms. The molecule has 4 heteroatoms. The quantitative estimate of drug-likeness (QED) is 0.733. The van der Waals surface area contributed by atoms with Gasteiger partial charge in [0.15, 0.2) is 0 Å². The number of rotatable bonds is 5. The molecule has 0 radical (unpaired) electrons. The first-order valence-electron chi connectivity index (χ1n) is 4.86. The highest BCUT2D eigenvalue weighted by Crippen LogP contribution is 2.11. The van der Waals surface area contributed by atoms with Crippen molar-refractivity contribution in [2.45, 2.75) is 13.0 Å². The van der Waals surface area contributed by atoms with Gasteiger partial charge in [-0.05, 0) is 19.1 Å². The van der Waals surface area contributed by atoms with Crippen LogP contribution in [0.3, 0.4) is 0 Å². The second-order valence-corrected chi connectivity index (χ2v) is 2.91. The van der Waals surface area contributed by atoms with E-state index < -0.39 is 12.1 Å². The molecule has 82 valence electrons. The predicted molar refractivity (Wildman–Crippen MR) is 56.5 cm³/mol. The van der Waals surface area contributed by atoms with E-state index in [4.69, 9.17) is 15.2 Å². The van der Waals surface area contributed by atoms with Gasteiger partial charge >= 0.3 is 5.97 Å². The van der Waals surface area contributed by atoms with Gasteiger partial charge in [-0.25, -0.2) is 4.79 Å². The third-order valence-corrected chi connectivity index (χ3v) is 1.79. The van der Waals surface area contributed by atoms with Crippen LogP contribution in [0.5, 0.6) is 5.75 Å². The third kappa shape index (κ3) is 3.59. The van der Waals surface area contributed by atoms with Crippen LogP contribution in [-0.4, -0.2) is 25.2 Å². The molecule has 0 aliphatic heterocycles. The highest BCUT2D eigenvalue weighted by Gasteiger charge is 2.19. The maximum absolute atomic E-state index is 11.4. The summed E-state index contributed by atoms with van der Waals surface area (Å²) in [6.07, 6.45) is -0.729. The molecule has 0 aromatic heterocycles. The van der Waals surface area contributed by atoms with E-state index in [0.717, 1.165) is 0 Å². The van der Waals surface area contributed by atoms with Gasteiger partial charge in [0.05, 0.1) is 6.61 Å². The summed E-state index contributed by atoms with van der Waals surface area (Å²) >= 11 is 0. The zero-order valence-corrected chi connectivity index (χ0v) is 8.68. The van der Waals surface area contributed by atoms with Crippen LogP contribution in [0.4, 0.5) is 0 Å². The molecule has 4 nitrogen and oxygen atoms in total. The van der Waals surface area contributed by atoms with E-state index in [2.05, 4.69) is 0 Å². The molecule has 2 N–H and O–H groups in total. The molecule has 0 heterocycles. The summed E-state index contributed by atoms with van der Waals surface area (Å²) in [5, 5.41) is 0. The fourth-order valence-corrected chi connectivity index (χ4v) is 1.09. The molecule has 0 aliphatic carbocycles. The summed E-state index contributed by atoms with van der Waals surface area (Å²) in [7, 11) is 0. The second kappa shape index (κ2) is 6.03. The first kappa shape index (κ1) is 11.5. The van der Waals surface area contributed by atoms with Crippen molar-refractivity contribution >= 4 is 5.97 Å². The van der Waals surface area contributed by atoms with Gasteiger partial charge in [0.1, 0.15) is 5.75 Å². The van der Waals surface area contributed by atoms with E-state index in [0.29, 0.717) is 12.4 Å². The largest absolute Gasteiger partial charge is 0.477 e. The number of carbonyl (C=O) groups is 1. The summed E-state index contributed by atoms with van der Waals surface area (Å²) < 4.78 is 10.2. The van der Waals surface area contributed by atoms with Crippen molar-refractivity contribution < 1.29 is 14.3 Å². The molecule has 1 rings (SSSR count). The van der Waals surface area contributed by atoms with Crippen molar-refractivity contribution in [1.82, 2.24) is 0 Å². The molecular weight excluding hydrogens is 194 g/mol.